The third-order valence-electron chi connectivity index (χ3n) is 5.13. The van der Waals surface area contributed by atoms with Crippen molar-refractivity contribution in [1.29, 1.82) is 0 Å². The number of aromatic amines is 1. The van der Waals surface area contributed by atoms with Gasteiger partial charge >= 0.3 is 5.97 Å². The summed E-state index contributed by atoms with van der Waals surface area (Å²) < 4.78 is 10.4. The van der Waals surface area contributed by atoms with Crippen LogP contribution in [0.1, 0.15) is 33.1 Å². The molecule has 1 atom stereocenters. The van der Waals surface area contributed by atoms with E-state index in [1.54, 1.807) is 26.2 Å². The van der Waals surface area contributed by atoms with Crippen molar-refractivity contribution >= 4 is 29.2 Å². The van der Waals surface area contributed by atoms with Gasteiger partial charge in [0.2, 0.25) is 5.91 Å². The van der Waals surface area contributed by atoms with Gasteiger partial charge in [0.05, 0.1) is 42.1 Å². The molecule has 1 aliphatic heterocycles. The van der Waals surface area contributed by atoms with Crippen LogP contribution in [0.2, 0.25) is 5.02 Å². The minimum atomic E-state index is -0.705. The van der Waals surface area contributed by atoms with Crippen molar-refractivity contribution < 1.29 is 19.1 Å². The highest BCUT2D eigenvalue weighted by atomic mass is 35.5. The van der Waals surface area contributed by atoms with Gasteiger partial charge in [0.15, 0.2) is 0 Å². The van der Waals surface area contributed by atoms with E-state index in [1.165, 1.54) is 7.11 Å². The van der Waals surface area contributed by atoms with E-state index in [0.717, 1.165) is 11.1 Å². The van der Waals surface area contributed by atoms with Crippen LogP contribution >= 0.6 is 11.6 Å². The summed E-state index contributed by atoms with van der Waals surface area (Å²) in [5.74, 6) is -0.795. The Morgan fingerprint density at radius 1 is 1.14 bits per heavy atom. The third-order valence-corrected chi connectivity index (χ3v) is 5.44. The summed E-state index contributed by atoms with van der Waals surface area (Å²) in [6, 6.07) is 12.8. The molecule has 7 heteroatoms. The number of esters is 1. The number of benzene rings is 2. The predicted molar refractivity (Wildman–Crippen MR) is 111 cm³/mol. The maximum Gasteiger partial charge on any atom is 0.340 e. The average molecular weight is 411 g/mol. The van der Waals surface area contributed by atoms with Crippen molar-refractivity contribution in [3.63, 3.8) is 0 Å². The van der Waals surface area contributed by atoms with Crippen LogP contribution in [0.15, 0.2) is 42.5 Å². The van der Waals surface area contributed by atoms with Gasteiger partial charge in [-0.1, -0.05) is 35.9 Å². The first kappa shape index (κ1) is 19.1. The highest BCUT2D eigenvalue weighted by Crippen LogP contribution is 2.46. The van der Waals surface area contributed by atoms with Gasteiger partial charge in [0, 0.05) is 16.8 Å². The highest BCUT2D eigenvalue weighted by molar-refractivity contribution is 6.34. The summed E-state index contributed by atoms with van der Waals surface area (Å²) in [4.78, 5) is 28.9. The van der Waals surface area contributed by atoms with Crippen molar-refractivity contribution in [3.8, 4) is 17.0 Å². The zero-order chi connectivity index (χ0) is 20.7. The Bertz CT molecular complexity index is 1140. The number of carbonyl (C=O) groups excluding carboxylic acids is 2. The molecule has 0 radical (unpaired) electrons. The monoisotopic (exact) mass is 410 g/mol. The van der Waals surface area contributed by atoms with Crippen molar-refractivity contribution in [2.75, 3.05) is 19.5 Å². The van der Waals surface area contributed by atoms with E-state index in [-0.39, 0.29) is 5.91 Å². The Kier molecular flexibility index (Phi) is 4.80. The Hall–Kier alpha value is -3.25. The molecular formula is C22H19ClN2O4. The molecule has 2 heterocycles. The molecule has 6 nitrogen and oxygen atoms in total. The molecule has 148 valence electrons. The number of anilines is 1. The number of amides is 1. The molecule has 0 saturated heterocycles. The van der Waals surface area contributed by atoms with Gasteiger partial charge < -0.3 is 19.8 Å². The van der Waals surface area contributed by atoms with E-state index < -0.39 is 11.9 Å². The lowest BCUT2D eigenvalue weighted by molar-refractivity contribution is -0.116. The predicted octanol–water partition coefficient (Wildman–Crippen LogP) is 4.52. The van der Waals surface area contributed by atoms with Crippen LogP contribution in [0, 0.1) is 6.92 Å². The fraction of sp³-hybridized carbons (Fsp3) is 0.182. The SMILES string of the molecule is COC(=O)c1c(C)[nH]c(-c2cccc(OC)c2)c1[C@H]1C(=O)Nc2c(Cl)cccc21. The van der Waals surface area contributed by atoms with Crippen molar-refractivity contribution in [2.24, 2.45) is 0 Å². The maximum atomic E-state index is 13.0. The zero-order valence-electron chi connectivity index (χ0n) is 16.1. The van der Waals surface area contributed by atoms with E-state index in [1.807, 2.05) is 30.3 Å². The first-order chi connectivity index (χ1) is 14.0. The summed E-state index contributed by atoms with van der Waals surface area (Å²) >= 11 is 6.29. The van der Waals surface area contributed by atoms with Gasteiger partial charge in [-0.05, 0) is 30.7 Å². The quantitative estimate of drug-likeness (QED) is 0.619. The number of hydrogen-bond donors (Lipinski definition) is 2. The summed E-state index contributed by atoms with van der Waals surface area (Å²) in [6.45, 7) is 1.78. The Morgan fingerprint density at radius 2 is 1.90 bits per heavy atom. The van der Waals surface area contributed by atoms with Crippen molar-refractivity contribution in [2.45, 2.75) is 12.8 Å². The Balaban J connectivity index is 2.01. The average Bonchev–Trinajstić information content (AvgIpc) is 3.24. The van der Waals surface area contributed by atoms with Crippen molar-refractivity contribution in [1.82, 2.24) is 4.98 Å². The lowest BCUT2D eigenvalue weighted by Crippen LogP contribution is -2.17. The fourth-order valence-electron chi connectivity index (χ4n) is 3.84. The Morgan fingerprint density at radius 3 is 2.62 bits per heavy atom. The van der Waals surface area contributed by atoms with Crippen LogP contribution in [0.5, 0.6) is 5.75 Å². The number of para-hydroxylation sites is 1. The number of carbonyl (C=O) groups is 2. The molecule has 0 aliphatic carbocycles. The molecule has 1 aromatic heterocycles. The molecular weight excluding hydrogens is 392 g/mol. The topological polar surface area (TPSA) is 80.4 Å². The van der Waals surface area contributed by atoms with E-state index >= 15 is 0 Å². The summed E-state index contributed by atoms with van der Waals surface area (Å²) in [6.07, 6.45) is 0. The minimum absolute atomic E-state index is 0.249. The van der Waals surface area contributed by atoms with Crippen LogP contribution < -0.4 is 10.1 Å². The second kappa shape index (κ2) is 7.29. The molecule has 0 bridgehead atoms. The molecule has 3 aromatic rings. The maximum absolute atomic E-state index is 13.0. The number of hydrogen-bond acceptors (Lipinski definition) is 4. The number of methoxy groups -OCH3 is 2. The number of fused-ring (bicyclic) bond motifs is 1. The van der Waals surface area contributed by atoms with Gasteiger partial charge in [0.25, 0.3) is 0 Å². The molecule has 2 N–H and O–H groups in total. The lowest BCUT2D eigenvalue weighted by atomic mass is 9.87. The number of halogens is 1. The number of aromatic nitrogens is 1. The van der Waals surface area contributed by atoms with Crippen LogP contribution in [0.3, 0.4) is 0 Å². The van der Waals surface area contributed by atoms with Gasteiger partial charge in [-0.3, -0.25) is 4.79 Å². The molecule has 29 heavy (non-hydrogen) atoms. The van der Waals surface area contributed by atoms with E-state index in [0.29, 0.717) is 39.0 Å². The first-order valence-electron chi connectivity index (χ1n) is 9.00. The summed E-state index contributed by atoms with van der Waals surface area (Å²) in [5.41, 5.74) is 4.26. The van der Waals surface area contributed by atoms with Crippen LogP contribution in [-0.2, 0) is 9.53 Å². The standard InChI is InChI=1S/C22H19ClN2O4/c1-11-16(22(27)29-3)18(19(24-11)12-6-4-7-13(10-12)28-2)17-14-8-5-9-15(23)20(14)25-21(17)26/h4-10,17,24H,1-3H3,(H,25,26)/t17-/m0/s1. The Labute approximate surface area is 172 Å². The molecule has 1 amide bonds. The van der Waals surface area contributed by atoms with Gasteiger partial charge in [-0.2, -0.15) is 0 Å². The molecule has 2 aromatic carbocycles. The van der Waals surface area contributed by atoms with Crippen LogP contribution in [0.25, 0.3) is 11.3 Å². The number of nitrogens with one attached hydrogen (secondary N) is 2. The van der Waals surface area contributed by atoms with E-state index in [4.69, 9.17) is 21.1 Å². The van der Waals surface area contributed by atoms with Crippen molar-refractivity contribution in [3.05, 3.63) is 69.9 Å². The second-order valence-corrected chi connectivity index (χ2v) is 7.17. The first-order valence-corrected chi connectivity index (χ1v) is 9.38. The van der Waals surface area contributed by atoms with Gasteiger partial charge in [0.1, 0.15) is 5.75 Å². The minimum Gasteiger partial charge on any atom is -0.497 e. The largest absolute Gasteiger partial charge is 0.497 e. The number of rotatable bonds is 4. The summed E-state index contributed by atoms with van der Waals surface area (Å²) in [7, 11) is 2.91. The highest BCUT2D eigenvalue weighted by Gasteiger charge is 2.39. The molecule has 0 spiro atoms. The number of ether oxygens (including phenoxy) is 2. The third kappa shape index (κ3) is 3.06. The fourth-order valence-corrected chi connectivity index (χ4v) is 4.07. The van der Waals surface area contributed by atoms with Crippen LogP contribution in [0.4, 0.5) is 5.69 Å². The number of H-pyrrole nitrogens is 1. The summed E-state index contributed by atoms with van der Waals surface area (Å²) in [5, 5.41) is 3.30. The van der Waals surface area contributed by atoms with E-state index in [2.05, 4.69) is 10.3 Å². The number of aryl methyl sites for hydroxylation is 1. The molecule has 4 rings (SSSR count). The van der Waals surface area contributed by atoms with E-state index in [9.17, 15) is 9.59 Å². The smallest absolute Gasteiger partial charge is 0.340 e. The van der Waals surface area contributed by atoms with Crippen LogP contribution in [-0.4, -0.2) is 31.1 Å². The zero-order valence-corrected chi connectivity index (χ0v) is 16.9. The lowest BCUT2D eigenvalue weighted by Gasteiger charge is -2.14. The normalized spacial score (nSPS) is 15.0. The molecule has 0 saturated carbocycles. The second-order valence-electron chi connectivity index (χ2n) is 6.76. The molecule has 1 aliphatic rings. The van der Waals surface area contributed by atoms with Gasteiger partial charge in [-0.25, -0.2) is 4.79 Å². The molecule has 0 fully saturated rings. The molecule has 0 unspecified atom stereocenters. The van der Waals surface area contributed by atoms with Gasteiger partial charge in [-0.15, -0.1) is 0 Å².